The maximum atomic E-state index is 12.8. The van der Waals surface area contributed by atoms with Crippen LogP contribution < -0.4 is 0 Å². The van der Waals surface area contributed by atoms with Crippen molar-refractivity contribution in [2.75, 3.05) is 6.54 Å². The van der Waals surface area contributed by atoms with Crippen LogP contribution in [0.3, 0.4) is 0 Å². The fraction of sp³-hybridized carbons (Fsp3) is 0.318. The number of amides is 1. The van der Waals surface area contributed by atoms with Crippen molar-refractivity contribution in [2.24, 2.45) is 0 Å². The van der Waals surface area contributed by atoms with E-state index in [0.29, 0.717) is 0 Å². The molecule has 2 aromatic carbocycles. The fourth-order valence-corrected chi connectivity index (χ4v) is 3.15. The molecule has 0 atom stereocenters. The predicted octanol–water partition coefficient (Wildman–Crippen LogP) is 5.31. The molecule has 1 aliphatic rings. The molecular weight excluding hydrogens is 294 g/mol. The lowest BCUT2D eigenvalue weighted by molar-refractivity contribution is 0.0817. The molecule has 0 bridgehead atoms. The monoisotopic (exact) mass is 319 g/mol. The van der Waals surface area contributed by atoms with Gasteiger partial charge in [-0.2, -0.15) is 0 Å². The second kappa shape index (κ2) is 7.96. The number of aryl methyl sites for hydroxylation is 1. The van der Waals surface area contributed by atoms with Gasteiger partial charge in [0.25, 0.3) is 5.91 Å². The molecule has 0 saturated heterocycles. The van der Waals surface area contributed by atoms with E-state index in [1.54, 1.807) is 0 Å². The van der Waals surface area contributed by atoms with Gasteiger partial charge >= 0.3 is 0 Å². The summed E-state index contributed by atoms with van der Waals surface area (Å²) in [4.78, 5) is 14.7. The van der Waals surface area contributed by atoms with E-state index in [2.05, 4.69) is 31.2 Å². The second-order valence-corrected chi connectivity index (χ2v) is 6.42. The highest BCUT2D eigenvalue weighted by Gasteiger charge is 2.18. The van der Waals surface area contributed by atoms with Crippen LogP contribution in [-0.4, -0.2) is 17.4 Å². The van der Waals surface area contributed by atoms with Crippen molar-refractivity contribution in [3.8, 4) is 0 Å². The number of nitrogens with zero attached hydrogens (tertiary/aromatic N) is 1. The summed E-state index contributed by atoms with van der Waals surface area (Å²) in [6.45, 7) is 3.00. The minimum atomic E-state index is 0.102. The lowest BCUT2D eigenvalue weighted by Gasteiger charge is -2.25. The molecule has 0 radical (unpaired) electrons. The highest BCUT2D eigenvalue weighted by Crippen LogP contribution is 2.25. The quantitative estimate of drug-likeness (QED) is 0.731. The SMILES string of the molecule is CCCCc1ccc(C(=O)N2C=C(c3ccccc3)CCC2)cc1. The largest absolute Gasteiger partial charge is 0.315 e. The Labute approximate surface area is 144 Å². The summed E-state index contributed by atoms with van der Waals surface area (Å²) in [6, 6.07) is 18.5. The van der Waals surface area contributed by atoms with Gasteiger partial charge in [0.15, 0.2) is 0 Å². The van der Waals surface area contributed by atoms with Crippen molar-refractivity contribution >= 4 is 11.5 Å². The van der Waals surface area contributed by atoms with Gasteiger partial charge in [-0.25, -0.2) is 0 Å². The first-order chi connectivity index (χ1) is 11.8. The van der Waals surface area contributed by atoms with Gasteiger partial charge in [-0.05, 0) is 54.5 Å². The van der Waals surface area contributed by atoms with Crippen LogP contribution in [0.4, 0.5) is 0 Å². The fourth-order valence-electron chi connectivity index (χ4n) is 3.15. The van der Waals surface area contributed by atoms with Gasteiger partial charge < -0.3 is 4.90 Å². The van der Waals surface area contributed by atoms with Crippen LogP contribution in [0.5, 0.6) is 0 Å². The maximum Gasteiger partial charge on any atom is 0.257 e. The minimum absolute atomic E-state index is 0.102. The molecule has 0 aliphatic carbocycles. The molecule has 0 unspecified atom stereocenters. The summed E-state index contributed by atoms with van der Waals surface area (Å²) in [6.07, 6.45) is 7.56. The summed E-state index contributed by atoms with van der Waals surface area (Å²) in [5.74, 6) is 0.102. The van der Waals surface area contributed by atoms with Crippen LogP contribution >= 0.6 is 0 Å². The molecule has 0 fully saturated rings. The number of benzene rings is 2. The lowest BCUT2D eigenvalue weighted by Crippen LogP contribution is -2.29. The second-order valence-electron chi connectivity index (χ2n) is 6.42. The minimum Gasteiger partial charge on any atom is -0.315 e. The number of allylic oxidation sites excluding steroid dienone is 1. The summed E-state index contributed by atoms with van der Waals surface area (Å²) >= 11 is 0. The van der Waals surface area contributed by atoms with Crippen LogP contribution in [0.15, 0.2) is 60.8 Å². The molecule has 1 aliphatic heterocycles. The Morgan fingerprint density at radius 3 is 2.50 bits per heavy atom. The molecule has 1 amide bonds. The average molecular weight is 319 g/mol. The smallest absolute Gasteiger partial charge is 0.257 e. The lowest BCUT2D eigenvalue weighted by atomic mass is 9.99. The van der Waals surface area contributed by atoms with Gasteiger partial charge in [-0.3, -0.25) is 4.79 Å². The molecule has 0 spiro atoms. The molecule has 0 N–H and O–H groups in total. The van der Waals surface area contributed by atoms with Crippen molar-refractivity contribution in [1.29, 1.82) is 0 Å². The van der Waals surface area contributed by atoms with E-state index in [1.807, 2.05) is 41.4 Å². The molecule has 0 saturated carbocycles. The van der Waals surface area contributed by atoms with E-state index >= 15 is 0 Å². The summed E-state index contributed by atoms with van der Waals surface area (Å²) in [5.41, 5.74) is 4.55. The number of hydrogen-bond donors (Lipinski definition) is 0. The van der Waals surface area contributed by atoms with Gasteiger partial charge in [0.2, 0.25) is 0 Å². The third kappa shape index (κ3) is 3.94. The zero-order valence-electron chi connectivity index (χ0n) is 14.4. The summed E-state index contributed by atoms with van der Waals surface area (Å²) in [5, 5.41) is 0. The van der Waals surface area contributed by atoms with Crippen LogP contribution in [0.1, 0.15) is 54.1 Å². The maximum absolute atomic E-state index is 12.8. The zero-order chi connectivity index (χ0) is 16.8. The Balaban J connectivity index is 1.74. The molecular formula is C22H25NO. The van der Waals surface area contributed by atoms with E-state index in [0.717, 1.165) is 31.4 Å². The number of hydrogen-bond acceptors (Lipinski definition) is 1. The van der Waals surface area contributed by atoms with E-state index in [1.165, 1.54) is 29.5 Å². The zero-order valence-corrected chi connectivity index (χ0v) is 14.4. The van der Waals surface area contributed by atoms with Crippen molar-refractivity contribution < 1.29 is 4.79 Å². The Morgan fingerprint density at radius 1 is 1.04 bits per heavy atom. The van der Waals surface area contributed by atoms with E-state index in [4.69, 9.17) is 0 Å². The first-order valence-corrected chi connectivity index (χ1v) is 8.94. The third-order valence-electron chi connectivity index (χ3n) is 4.58. The highest BCUT2D eigenvalue weighted by atomic mass is 16.2. The van der Waals surface area contributed by atoms with Gasteiger partial charge in [-0.15, -0.1) is 0 Å². The number of carbonyl (C=O) groups excluding carboxylic acids is 1. The molecule has 1 heterocycles. The molecule has 0 aromatic heterocycles. The predicted molar refractivity (Wildman–Crippen MR) is 99.7 cm³/mol. The molecule has 124 valence electrons. The molecule has 2 heteroatoms. The molecule has 2 nitrogen and oxygen atoms in total. The van der Waals surface area contributed by atoms with Crippen LogP contribution in [0.25, 0.3) is 5.57 Å². The normalized spacial score (nSPS) is 14.4. The van der Waals surface area contributed by atoms with Crippen LogP contribution in [0, 0.1) is 0 Å². The summed E-state index contributed by atoms with van der Waals surface area (Å²) < 4.78 is 0. The Kier molecular flexibility index (Phi) is 5.47. The highest BCUT2D eigenvalue weighted by molar-refractivity contribution is 5.95. The van der Waals surface area contributed by atoms with E-state index in [9.17, 15) is 4.79 Å². The third-order valence-corrected chi connectivity index (χ3v) is 4.58. The van der Waals surface area contributed by atoms with Crippen molar-refractivity contribution in [3.05, 3.63) is 77.5 Å². The van der Waals surface area contributed by atoms with Crippen LogP contribution in [0.2, 0.25) is 0 Å². The van der Waals surface area contributed by atoms with Crippen LogP contribution in [-0.2, 0) is 6.42 Å². The van der Waals surface area contributed by atoms with Gasteiger partial charge in [0.05, 0.1) is 0 Å². The van der Waals surface area contributed by atoms with Gasteiger partial charge in [0.1, 0.15) is 0 Å². The average Bonchev–Trinajstić information content (AvgIpc) is 2.67. The number of rotatable bonds is 5. The first kappa shape index (κ1) is 16.5. The Bertz CT molecular complexity index is 701. The van der Waals surface area contributed by atoms with E-state index < -0.39 is 0 Å². The summed E-state index contributed by atoms with van der Waals surface area (Å²) in [7, 11) is 0. The molecule has 3 rings (SSSR count). The van der Waals surface area contributed by atoms with E-state index in [-0.39, 0.29) is 5.91 Å². The Hall–Kier alpha value is -2.35. The molecule has 24 heavy (non-hydrogen) atoms. The van der Waals surface area contributed by atoms with Crippen molar-refractivity contribution in [1.82, 2.24) is 4.90 Å². The topological polar surface area (TPSA) is 20.3 Å². The molecule has 2 aromatic rings. The van der Waals surface area contributed by atoms with Crippen molar-refractivity contribution in [2.45, 2.75) is 39.0 Å². The van der Waals surface area contributed by atoms with Crippen molar-refractivity contribution in [3.63, 3.8) is 0 Å². The first-order valence-electron chi connectivity index (χ1n) is 8.94. The standard InChI is InChI=1S/C22H25NO/c1-2-3-8-18-12-14-20(15-13-18)22(24)23-16-7-11-21(17-23)19-9-5-4-6-10-19/h4-6,9-10,12-15,17H,2-3,7-8,11,16H2,1H3. The Morgan fingerprint density at radius 2 is 1.79 bits per heavy atom. The number of carbonyl (C=O) groups is 1. The van der Waals surface area contributed by atoms with Gasteiger partial charge in [0, 0.05) is 18.3 Å². The number of unbranched alkanes of at least 4 members (excludes halogenated alkanes) is 1. The van der Waals surface area contributed by atoms with Gasteiger partial charge in [-0.1, -0.05) is 55.8 Å².